The van der Waals surface area contributed by atoms with E-state index in [9.17, 15) is 4.79 Å². The molecule has 0 radical (unpaired) electrons. The molecule has 0 aromatic carbocycles. The molecule has 0 saturated carbocycles. The second kappa shape index (κ2) is 5.91. The highest BCUT2D eigenvalue weighted by Gasteiger charge is 2.19. The Balaban J connectivity index is 2.55. The van der Waals surface area contributed by atoms with Crippen molar-refractivity contribution in [3.8, 4) is 0 Å². The first kappa shape index (κ1) is 14.6. The lowest BCUT2D eigenvalue weighted by molar-refractivity contribution is -0.123. The fourth-order valence-corrected chi connectivity index (χ4v) is 1.60. The molecule has 0 saturated heterocycles. The summed E-state index contributed by atoms with van der Waals surface area (Å²) < 4.78 is 0. The number of nitrogens with zero attached hydrogens (tertiary/aromatic N) is 3. The van der Waals surface area contributed by atoms with Crippen LogP contribution in [0, 0.1) is 0 Å². The molecule has 100 valence electrons. The van der Waals surface area contributed by atoms with Crippen molar-refractivity contribution in [3.63, 3.8) is 0 Å². The Bertz CT molecular complexity index is 386. The van der Waals surface area contributed by atoms with Crippen LogP contribution in [-0.4, -0.2) is 39.9 Å². The van der Waals surface area contributed by atoms with Gasteiger partial charge >= 0.3 is 0 Å². The van der Waals surface area contributed by atoms with Gasteiger partial charge in [0.25, 0.3) is 0 Å². The molecule has 0 fully saturated rings. The number of aromatic nitrogens is 2. The summed E-state index contributed by atoms with van der Waals surface area (Å²) in [6, 6.07) is 1.95. The van der Waals surface area contributed by atoms with Crippen molar-refractivity contribution in [2.24, 2.45) is 0 Å². The van der Waals surface area contributed by atoms with Crippen LogP contribution in [0.25, 0.3) is 0 Å². The van der Waals surface area contributed by atoms with E-state index in [-0.39, 0.29) is 17.5 Å². The minimum absolute atomic E-state index is 0.0194. The molecule has 0 bridgehead atoms. The third-order valence-corrected chi connectivity index (χ3v) is 2.60. The van der Waals surface area contributed by atoms with E-state index in [2.05, 4.69) is 15.3 Å². The minimum Gasteiger partial charge on any atom is -0.350 e. The molecule has 1 aromatic heterocycles. The van der Waals surface area contributed by atoms with Crippen molar-refractivity contribution in [1.29, 1.82) is 0 Å². The van der Waals surface area contributed by atoms with Crippen LogP contribution >= 0.6 is 0 Å². The van der Waals surface area contributed by atoms with Crippen LogP contribution in [0.4, 0.5) is 0 Å². The molecule has 5 nitrogen and oxygen atoms in total. The Morgan fingerprint density at radius 2 is 2.17 bits per heavy atom. The summed E-state index contributed by atoms with van der Waals surface area (Å²) in [5.41, 5.74) is 0.715. The van der Waals surface area contributed by atoms with E-state index in [4.69, 9.17) is 0 Å². The number of carbonyl (C=O) groups excluding carboxylic acids is 1. The minimum atomic E-state index is -0.198. The van der Waals surface area contributed by atoms with Crippen LogP contribution in [0.2, 0.25) is 0 Å². The van der Waals surface area contributed by atoms with Gasteiger partial charge in [-0.2, -0.15) is 0 Å². The topological polar surface area (TPSA) is 58.1 Å². The van der Waals surface area contributed by atoms with E-state index < -0.39 is 0 Å². The zero-order valence-electron chi connectivity index (χ0n) is 11.8. The Labute approximate surface area is 109 Å². The lowest BCUT2D eigenvalue weighted by atomic mass is 10.1. The summed E-state index contributed by atoms with van der Waals surface area (Å²) in [6.07, 6.45) is 3.23. The van der Waals surface area contributed by atoms with Gasteiger partial charge in [0.05, 0.1) is 12.2 Å². The second-order valence-corrected chi connectivity index (χ2v) is 5.52. The van der Waals surface area contributed by atoms with Crippen LogP contribution in [0.5, 0.6) is 0 Å². The van der Waals surface area contributed by atoms with Crippen molar-refractivity contribution in [2.45, 2.75) is 39.3 Å². The third-order valence-electron chi connectivity index (χ3n) is 2.60. The summed E-state index contributed by atoms with van der Waals surface area (Å²) in [5, 5.41) is 2.94. The largest absolute Gasteiger partial charge is 0.350 e. The smallest absolute Gasteiger partial charge is 0.234 e. The van der Waals surface area contributed by atoms with Crippen LogP contribution in [0.15, 0.2) is 18.6 Å². The van der Waals surface area contributed by atoms with Gasteiger partial charge in [0.1, 0.15) is 6.33 Å². The molecule has 0 aliphatic carbocycles. The molecule has 18 heavy (non-hydrogen) atoms. The molecule has 1 aromatic rings. The van der Waals surface area contributed by atoms with Crippen LogP contribution in [-0.2, 0) is 4.79 Å². The Hall–Kier alpha value is -1.49. The van der Waals surface area contributed by atoms with Gasteiger partial charge in [0, 0.05) is 17.8 Å². The number of hydrogen-bond acceptors (Lipinski definition) is 4. The van der Waals surface area contributed by atoms with Crippen molar-refractivity contribution >= 4 is 5.91 Å². The first-order chi connectivity index (χ1) is 8.29. The highest BCUT2D eigenvalue weighted by molar-refractivity contribution is 5.78. The van der Waals surface area contributed by atoms with Crippen LogP contribution in [0.3, 0.4) is 0 Å². The fraction of sp³-hybridized carbons (Fsp3) is 0.615. The molecule has 1 heterocycles. The van der Waals surface area contributed by atoms with E-state index >= 15 is 0 Å². The normalized spacial score (nSPS) is 13.4. The first-order valence-corrected chi connectivity index (χ1v) is 6.07. The maximum Gasteiger partial charge on any atom is 0.234 e. The quantitative estimate of drug-likeness (QED) is 0.877. The molecule has 0 aliphatic rings. The van der Waals surface area contributed by atoms with Gasteiger partial charge in [-0.25, -0.2) is 9.97 Å². The molecular weight excluding hydrogens is 228 g/mol. The lowest BCUT2D eigenvalue weighted by Gasteiger charge is -2.26. The van der Waals surface area contributed by atoms with Gasteiger partial charge in [-0.15, -0.1) is 0 Å². The van der Waals surface area contributed by atoms with Crippen molar-refractivity contribution in [2.75, 3.05) is 13.6 Å². The third kappa shape index (κ3) is 4.79. The van der Waals surface area contributed by atoms with E-state index in [1.807, 2.05) is 45.7 Å². The average Bonchev–Trinajstić information content (AvgIpc) is 2.26. The molecule has 1 atom stereocenters. The van der Waals surface area contributed by atoms with Gasteiger partial charge < -0.3 is 5.32 Å². The van der Waals surface area contributed by atoms with Gasteiger partial charge in [0.2, 0.25) is 5.91 Å². The summed E-state index contributed by atoms with van der Waals surface area (Å²) in [4.78, 5) is 21.9. The van der Waals surface area contributed by atoms with Crippen LogP contribution < -0.4 is 5.32 Å². The van der Waals surface area contributed by atoms with E-state index in [0.29, 0.717) is 6.54 Å². The molecule has 0 aliphatic heterocycles. The molecular formula is C13H22N4O. The maximum atomic E-state index is 11.8. The van der Waals surface area contributed by atoms with Gasteiger partial charge in [-0.1, -0.05) is 0 Å². The van der Waals surface area contributed by atoms with Gasteiger partial charge in [0.15, 0.2) is 0 Å². The highest BCUT2D eigenvalue weighted by atomic mass is 16.2. The van der Waals surface area contributed by atoms with E-state index in [1.54, 1.807) is 6.20 Å². The summed E-state index contributed by atoms with van der Waals surface area (Å²) in [6.45, 7) is 8.28. The van der Waals surface area contributed by atoms with E-state index in [0.717, 1.165) is 5.69 Å². The molecule has 0 spiro atoms. The summed E-state index contributed by atoms with van der Waals surface area (Å²) in [7, 11) is 1.91. The molecule has 1 N–H and O–H groups in total. The standard InChI is InChI=1S/C13H22N4O/c1-10(11-6-7-14-9-15-11)17(5)8-12(18)16-13(2,3)4/h6-7,9-10H,8H2,1-5H3,(H,16,18). The van der Waals surface area contributed by atoms with Gasteiger partial charge in [-0.3, -0.25) is 9.69 Å². The monoisotopic (exact) mass is 250 g/mol. The predicted octanol–water partition coefficient (Wildman–Crippen LogP) is 1.38. The lowest BCUT2D eigenvalue weighted by Crippen LogP contribution is -2.45. The first-order valence-electron chi connectivity index (χ1n) is 6.07. The number of amides is 1. The SMILES string of the molecule is CC(c1ccncn1)N(C)CC(=O)NC(C)(C)C. The predicted molar refractivity (Wildman–Crippen MR) is 71.0 cm³/mol. The number of rotatable bonds is 4. The van der Waals surface area contributed by atoms with E-state index in [1.165, 1.54) is 6.33 Å². The number of nitrogens with one attached hydrogen (secondary N) is 1. The molecule has 1 unspecified atom stereocenters. The summed E-state index contributed by atoms with van der Waals surface area (Å²) in [5.74, 6) is 0.0194. The number of likely N-dealkylation sites (N-methyl/N-ethyl adjacent to an activating group) is 1. The van der Waals surface area contributed by atoms with Crippen molar-refractivity contribution in [1.82, 2.24) is 20.2 Å². The highest BCUT2D eigenvalue weighted by Crippen LogP contribution is 2.14. The second-order valence-electron chi connectivity index (χ2n) is 5.52. The average molecular weight is 250 g/mol. The number of carbonyl (C=O) groups is 1. The Morgan fingerprint density at radius 1 is 1.50 bits per heavy atom. The molecule has 1 rings (SSSR count). The number of hydrogen-bond donors (Lipinski definition) is 1. The Kier molecular flexibility index (Phi) is 4.78. The van der Waals surface area contributed by atoms with Crippen molar-refractivity contribution in [3.05, 3.63) is 24.3 Å². The molecule has 1 amide bonds. The molecule has 5 heteroatoms. The zero-order chi connectivity index (χ0) is 13.8. The maximum absolute atomic E-state index is 11.8. The van der Waals surface area contributed by atoms with Crippen molar-refractivity contribution < 1.29 is 4.79 Å². The summed E-state index contributed by atoms with van der Waals surface area (Å²) >= 11 is 0. The zero-order valence-corrected chi connectivity index (χ0v) is 11.8. The fourth-order valence-electron chi connectivity index (χ4n) is 1.60. The van der Waals surface area contributed by atoms with Crippen LogP contribution in [0.1, 0.15) is 39.4 Å². The van der Waals surface area contributed by atoms with Gasteiger partial charge in [-0.05, 0) is 40.8 Å². The Morgan fingerprint density at radius 3 is 2.67 bits per heavy atom.